The predicted molar refractivity (Wildman–Crippen MR) is 71.2 cm³/mol. The van der Waals surface area contributed by atoms with Crippen LogP contribution in [0.2, 0.25) is 0 Å². The zero-order valence-electron chi connectivity index (χ0n) is 11.0. The largest absolute Gasteiger partial charge is 0.478 e. The molecular weight excluding hydrogens is 277 g/mol. The first kappa shape index (κ1) is 13.5. The normalized spacial score (nSPS) is 24.3. The molecule has 0 saturated carbocycles. The third-order valence-corrected chi connectivity index (χ3v) is 3.94. The van der Waals surface area contributed by atoms with E-state index in [1.165, 1.54) is 12.1 Å². The highest BCUT2D eigenvalue weighted by Gasteiger charge is 2.48. The molecule has 108 valence electrons. The monoisotopic (exact) mass is 289 g/mol. The summed E-state index contributed by atoms with van der Waals surface area (Å²) in [7, 11) is 0. The number of nitrogens with zero attached hydrogens (tertiary/aromatic N) is 1. The molecule has 0 radical (unpaired) electrons. The number of anilines is 1. The van der Waals surface area contributed by atoms with Gasteiger partial charge in [-0.2, -0.15) is 0 Å². The summed E-state index contributed by atoms with van der Waals surface area (Å²) < 4.78 is 14.1. The number of carbonyl (C=O) groups excluding carboxylic acids is 2. The van der Waals surface area contributed by atoms with Gasteiger partial charge in [-0.3, -0.25) is 9.59 Å². The van der Waals surface area contributed by atoms with Crippen LogP contribution in [-0.4, -0.2) is 22.9 Å². The molecule has 2 amide bonds. The van der Waals surface area contributed by atoms with E-state index < -0.39 is 35.4 Å². The van der Waals surface area contributed by atoms with Crippen molar-refractivity contribution >= 4 is 23.5 Å². The first-order chi connectivity index (χ1) is 10.0. The van der Waals surface area contributed by atoms with E-state index in [-0.39, 0.29) is 11.3 Å². The summed E-state index contributed by atoms with van der Waals surface area (Å²) >= 11 is 0. The lowest BCUT2D eigenvalue weighted by Crippen LogP contribution is -2.31. The molecule has 0 bridgehead atoms. The Morgan fingerprint density at radius 3 is 2.19 bits per heavy atom. The molecule has 1 aromatic rings. The van der Waals surface area contributed by atoms with Crippen molar-refractivity contribution in [3.8, 4) is 0 Å². The minimum Gasteiger partial charge on any atom is -0.478 e. The van der Waals surface area contributed by atoms with E-state index in [4.69, 9.17) is 5.11 Å². The van der Waals surface area contributed by atoms with Gasteiger partial charge in [-0.1, -0.05) is 12.2 Å². The van der Waals surface area contributed by atoms with E-state index in [0.717, 1.165) is 11.0 Å². The molecule has 0 spiro atoms. The maximum Gasteiger partial charge on any atom is 0.335 e. The second-order valence-corrected chi connectivity index (χ2v) is 5.14. The summed E-state index contributed by atoms with van der Waals surface area (Å²) in [5, 5.41) is 8.82. The van der Waals surface area contributed by atoms with Crippen LogP contribution in [0.4, 0.5) is 10.1 Å². The highest BCUT2D eigenvalue weighted by atomic mass is 19.1. The van der Waals surface area contributed by atoms with Gasteiger partial charge in [-0.15, -0.1) is 0 Å². The first-order valence-corrected chi connectivity index (χ1v) is 6.56. The quantitative estimate of drug-likeness (QED) is 0.667. The van der Waals surface area contributed by atoms with Gasteiger partial charge in [0.2, 0.25) is 11.8 Å². The average Bonchev–Trinajstić information content (AvgIpc) is 2.72. The molecular formula is C15H12FNO4. The number of hydrogen-bond donors (Lipinski definition) is 1. The summed E-state index contributed by atoms with van der Waals surface area (Å²) in [5.74, 6) is -3.88. The van der Waals surface area contributed by atoms with Crippen molar-refractivity contribution < 1.29 is 23.9 Å². The number of amides is 2. The second-order valence-electron chi connectivity index (χ2n) is 5.14. The number of imide groups is 1. The molecule has 1 aliphatic carbocycles. The average molecular weight is 289 g/mol. The first-order valence-electron chi connectivity index (χ1n) is 6.56. The van der Waals surface area contributed by atoms with Crippen LogP contribution >= 0.6 is 0 Å². The zero-order chi connectivity index (χ0) is 15.1. The van der Waals surface area contributed by atoms with E-state index in [1.807, 2.05) is 12.2 Å². The number of halogens is 1. The van der Waals surface area contributed by atoms with Crippen molar-refractivity contribution in [1.82, 2.24) is 0 Å². The third kappa shape index (κ3) is 2.03. The Hall–Kier alpha value is -2.50. The summed E-state index contributed by atoms with van der Waals surface area (Å²) in [6, 6.07) is 3.17. The summed E-state index contributed by atoms with van der Waals surface area (Å²) in [4.78, 5) is 36.3. The van der Waals surface area contributed by atoms with Gasteiger partial charge in [0, 0.05) is 0 Å². The van der Waals surface area contributed by atoms with Crippen LogP contribution < -0.4 is 4.90 Å². The number of aromatic carboxylic acids is 1. The van der Waals surface area contributed by atoms with E-state index >= 15 is 0 Å². The molecule has 1 aromatic carbocycles. The number of allylic oxidation sites excluding steroid dienone is 2. The highest BCUT2D eigenvalue weighted by molar-refractivity contribution is 6.22. The minimum absolute atomic E-state index is 0.176. The van der Waals surface area contributed by atoms with Crippen molar-refractivity contribution in [2.24, 2.45) is 11.8 Å². The zero-order valence-corrected chi connectivity index (χ0v) is 11.0. The predicted octanol–water partition coefficient (Wildman–Crippen LogP) is 1.98. The summed E-state index contributed by atoms with van der Waals surface area (Å²) in [6.45, 7) is 0. The molecule has 2 aliphatic rings. The Kier molecular flexibility index (Phi) is 3.08. The molecule has 0 aromatic heterocycles. The van der Waals surface area contributed by atoms with Crippen molar-refractivity contribution in [3.05, 3.63) is 41.7 Å². The van der Waals surface area contributed by atoms with Crippen LogP contribution in [0.1, 0.15) is 23.2 Å². The molecule has 1 N–H and O–H groups in total. The number of hydrogen-bond acceptors (Lipinski definition) is 3. The minimum atomic E-state index is -1.27. The van der Waals surface area contributed by atoms with Gasteiger partial charge >= 0.3 is 5.97 Å². The van der Waals surface area contributed by atoms with Crippen molar-refractivity contribution in [2.45, 2.75) is 12.8 Å². The molecule has 5 nitrogen and oxygen atoms in total. The number of carboxylic acids is 1. The Morgan fingerprint density at radius 2 is 1.71 bits per heavy atom. The van der Waals surface area contributed by atoms with Crippen molar-refractivity contribution in [1.29, 1.82) is 0 Å². The lowest BCUT2D eigenvalue weighted by atomic mass is 9.85. The van der Waals surface area contributed by atoms with Gasteiger partial charge in [0.25, 0.3) is 0 Å². The van der Waals surface area contributed by atoms with Gasteiger partial charge in [0.05, 0.1) is 23.1 Å². The Labute approximate surface area is 119 Å². The Balaban J connectivity index is 1.99. The van der Waals surface area contributed by atoms with E-state index in [2.05, 4.69) is 0 Å². The molecule has 21 heavy (non-hydrogen) atoms. The Morgan fingerprint density at radius 1 is 1.14 bits per heavy atom. The summed E-state index contributed by atoms with van der Waals surface area (Å²) in [5.41, 5.74) is -0.404. The molecule has 1 heterocycles. The summed E-state index contributed by atoms with van der Waals surface area (Å²) in [6.07, 6.45) is 4.64. The number of carbonyl (C=O) groups is 3. The van der Waals surface area contributed by atoms with Crippen molar-refractivity contribution in [3.63, 3.8) is 0 Å². The van der Waals surface area contributed by atoms with Crippen LogP contribution in [0, 0.1) is 17.7 Å². The smallest absolute Gasteiger partial charge is 0.335 e. The van der Waals surface area contributed by atoms with E-state index in [1.54, 1.807) is 0 Å². The standard InChI is InChI=1S/C15H12FNO4/c16-11-7-8(15(20)21)5-6-12(11)17-13(18)9-3-1-2-4-10(9)14(17)19/h1-2,5-7,9-10H,3-4H2,(H,20,21). The van der Waals surface area contributed by atoms with Gasteiger partial charge < -0.3 is 5.11 Å². The number of rotatable bonds is 2. The lowest BCUT2D eigenvalue weighted by Gasteiger charge is -2.15. The molecule has 3 rings (SSSR count). The lowest BCUT2D eigenvalue weighted by molar-refractivity contribution is -0.122. The van der Waals surface area contributed by atoms with Crippen molar-refractivity contribution in [2.75, 3.05) is 4.90 Å². The van der Waals surface area contributed by atoms with Crippen LogP contribution in [0.3, 0.4) is 0 Å². The van der Waals surface area contributed by atoms with Crippen LogP contribution in [0.25, 0.3) is 0 Å². The van der Waals surface area contributed by atoms with Gasteiger partial charge in [0.15, 0.2) is 0 Å². The topological polar surface area (TPSA) is 74.7 Å². The molecule has 1 saturated heterocycles. The Bertz CT molecular complexity index is 656. The number of carboxylic acid groups (broad SMARTS) is 1. The van der Waals surface area contributed by atoms with E-state index in [9.17, 15) is 18.8 Å². The van der Waals surface area contributed by atoms with Crippen LogP contribution in [-0.2, 0) is 9.59 Å². The van der Waals surface area contributed by atoms with Gasteiger partial charge in [-0.05, 0) is 31.0 Å². The highest BCUT2D eigenvalue weighted by Crippen LogP contribution is 2.38. The van der Waals surface area contributed by atoms with Gasteiger partial charge in [-0.25, -0.2) is 14.1 Å². The van der Waals surface area contributed by atoms with E-state index in [0.29, 0.717) is 12.8 Å². The number of benzene rings is 1. The molecule has 6 heteroatoms. The molecule has 1 aliphatic heterocycles. The fourth-order valence-corrected chi connectivity index (χ4v) is 2.86. The fraction of sp³-hybridized carbons (Fsp3) is 0.267. The maximum absolute atomic E-state index is 14.1. The second kappa shape index (κ2) is 4.80. The van der Waals surface area contributed by atoms with Gasteiger partial charge in [0.1, 0.15) is 5.82 Å². The maximum atomic E-state index is 14.1. The third-order valence-electron chi connectivity index (χ3n) is 3.94. The fourth-order valence-electron chi connectivity index (χ4n) is 2.86. The SMILES string of the molecule is O=C(O)c1ccc(N2C(=O)C3CC=CCC3C2=O)c(F)c1. The molecule has 2 unspecified atom stereocenters. The molecule has 1 fully saturated rings. The number of fused-ring (bicyclic) bond motifs is 1. The van der Waals surface area contributed by atoms with Crippen LogP contribution in [0.15, 0.2) is 30.4 Å². The van der Waals surface area contributed by atoms with Crippen LogP contribution in [0.5, 0.6) is 0 Å². The molecule has 2 atom stereocenters.